The van der Waals surface area contributed by atoms with Gasteiger partial charge >= 0.3 is 0 Å². The summed E-state index contributed by atoms with van der Waals surface area (Å²) >= 11 is 0. The first kappa shape index (κ1) is 16.7. The van der Waals surface area contributed by atoms with E-state index in [9.17, 15) is 8.42 Å². The minimum Gasteiger partial charge on any atom is -0.355 e. The fraction of sp³-hybridized carbons (Fsp3) is 0.688. The molecule has 0 aliphatic carbocycles. The first-order valence-corrected chi connectivity index (χ1v) is 9.80. The third kappa shape index (κ3) is 3.51. The van der Waals surface area contributed by atoms with E-state index in [4.69, 9.17) is 0 Å². The van der Waals surface area contributed by atoms with E-state index in [-0.39, 0.29) is 6.04 Å². The van der Waals surface area contributed by atoms with Crippen LogP contribution in [0.4, 0.5) is 5.82 Å². The van der Waals surface area contributed by atoms with Gasteiger partial charge in [0.25, 0.3) is 10.2 Å². The number of hydrogen-bond donors (Lipinski definition) is 0. The molecule has 2 saturated heterocycles. The average Bonchev–Trinajstić information content (AvgIpc) is 3.09. The van der Waals surface area contributed by atoms with Crippen LogP contribution in [0, 0.1) is 6.92 Å². The minimum absolute atomic E-state index is 0.0108. The van der Waals surface area contributed by atoms with E-state index in [2.05, 4.69) is 9.88 Å². The number of hydrogen-bond acceptors (Lipinski definition) is 4. The second kappa shape index (κ2) is 6.75. The molecule has 0 unspecified atom stereocenters. The zero-order chi connectivity index (χ0) is 16.4. The largest absolute Gasteiger partial charge is 0.355 e. The summed E-state index contributed by atoms with van der Waals surface area (Å²) in [4.78, 5) is 6.78. The van der Waals surface area contributed by atoms with Crippen LogP contribution in [0.25, 0.3) is 0 Å². The van der Waals surface area contributed by atoms with Crippen LogP contribution >= 0.6 is 0 Å². The molecule has 6 nitrogen and oxygen atoms in total. The van der Waals surface area contributed by atoms with Gasteiger partial charge in [0, 0.05) is 45.0 Å². The van der Waals surface area contributed by atoms with Crippen molar-refractivity contribution in [1.29, 1.82) is 0 Å². The fourth-order valence-corrected chi connectivity index (χ4v) is 5.09. The summed E-state index contributed by atoms with van der Waals surface area (Å²) in [7, 11) is -1.60. The van der Waals surface area contributed by atoms with Gasteiger partial charge in [-0.05, 0) is 44.7 Å². The Balaban J connectivity index is 1.73. The van der Waals surface area contributed by atoms with E-state index >= 15 is 0 Å². The van der Waals surface area contributed by atoms with E-state index in [0.717, 1.165) is 43.7 Å². The molecule has 1 aromatic rings. The zero-order valence-electron chi connectivity index (χ0n) is 14.0. The smallest absolute Gasteiger partial charge is 0.282 e. The summed E-state index contributed by atoms with van der Waals surface area (Å²) in [6.45, 7) is 4.94. The molecule has 23 heavy (non-hydrogen) atoms. The van der Waals surface area contributed by atoms with Crippen molar-refractivity contribution in [2.75, 3.05) is 38.1 Å². The van der Waals surface area contributed by atoms with Crippen LogP contribution in [0.1, 0.15) is 31.4 Å². The molecule has 1 aromatic heterocycles. The second-order valence-electron chi connectivity index (χ2n) is 6.51. The third-order valence-corrected chi connectivity index (χ3v) is 6.91. The number of rotatable bonds is 4. The van der Waals surface area contributed by atoms with Crippen LogP contribution in [-0.2, 0) is 10.2 Å². The van der Waals surface area contributed by atoms with Crippen molar-refractivity contribution in [3.63, 3.8) is 0 Å². The molecule has 0 saturated carbocycles. The van der Waals surface area contributed by atoms with Gasteiger partial charge in [0.2, 0.25) is 0 Å². The zero-order valence-corrected chi connectivity index (χ0v) is 14.8. The maximum atomic E-state index is 12.7. The number of aryl methyl sites for hydroxylation is 1. The van der Waals surface area contributed by atoms with E-state index in [1.54, 1.807) is 15.7 Å². The fourth-order valence-electron chi connectivity index (χ4n) is 3.45. The van der Waals surface area contributed by atoms with Crippen LogP contribution in [0.2, 0.25) is 0 Å². The summed E-state index contributed by atoms with van der Waals surface area (Å²) in [5, 5.41) is 0. The number of nitrogens with zero attached hydrogens (tertiary/aromatic N) is 4. The Morgan fingerprint density at radius 1 is 1.17 bits per heavy atom. The van der Waals surface area contributed by atoms with Crippen molar-refractivity contribution in [3.05, 3.63) is 23.9 Å². The standard InChI is InChI=1S/C16H26N4O2S/c1-14-7-5-9-16(17-14)19-10-6-8-15(13-19)18(2)23(21,22)20-11-3-4-12-20/h5,7,9,15H,3-4,6,8,10-13H2,1-2H3/t15-/m1/s1. The highest BCUT2D eigenvalue weighted by molar-refractivity contribution is 7.86. The first-order valence-electron chi connectivity index (χ1n) is 8.40. The van der Waals surface area contributed by atoms with Crippen LogP contribution in [0.5, 0.6) is 0 Å². The molecule has 0 aromatic carbocycles. The Kier molecular flexibility index (Phi) is 4.89. The van der Waals surface area contributed by atoms with Gasteiger partial charge < -0.3 is 4.90 Å². The molecule has 128 valence electrons. The Morgan fingerprint density at radius 3 is 2.61 bits per heavy atom. The number of likely N-dealkylation sites (N-methyl/N-ethyl adjacent to an activating group) is 1. The van der Waals surface area contributed by atoms with Gasteiger partial charge in [-0.1, -0.05) is 6.07 Å². The van der Waals surface area contributed by atoms with Gasteiger partial charge in [0.15, 0.2) is 0 Å². The highest BCUT2D eigenvalue weighted by Crippen LogP contribution is 2.24. The molecule has 0 amide bonds. The number of piperidine rings is 1. The summed E-state index contributed by atoms with van der Waals surface area (Å²) in [5.41, 5.74) is 0.989. The minimum atomic E-state index is -3.33. The quantitative estimate of drug-likeness (QED) is 0.837. The summed E-state index contributed by atoms with van der Waals surface area (Å²) in [5.74, 6) is 0.946. The highest BCUT2D eigenvalue weighted by Gasteiger charge is 2.35. The molecular weight excluding hydrogens is 312 g/mol. The van der Waals surface area contributed by atoms with E-state index in [0.29, 0.717) is 19.6 Å². The molecule has 2 fully saturated rings. The predicted octanol–water partition coefficient (Wildman–Crippen LogP) is 1.63. The molecule has 1 atom stereocenters. The molecule has 7 heteroatoms. The summed E-state index contributed by atoms with van der Waals surface area (Å²) < 4.78 is 28.7. The SMILES string of the molecule is Cc1cccc(N2CCC[C@@H](N(C)S(=O)(=O)N3CCCC3)C2)n1. The Hall–Kier alpha value is -1.18. The number of aromatic nitrogens is 1. The van der Waals surface area contributed by atoms with E-state index in [1.807, 2.05) is 25.1 Å². The van der Waals surface area contributed by atoms with Crippen molar-refractivity contribution in [2.24, 2.45) is 0 Å². The Morgan fingerprint density at radius 2 is 1.91 bits per heavy atom. The van der Waals surface area contributed by atoms with E-state index in [1.165, 1.54) is 0 Å². The van der Waals surface area contributed by atoms with Crippen LogP contribution in [-0.4, -0.2) is 61.3 Å². The number of anilines is 1. The van der Waals surface area contributed by atoms with Crippen molar-refractivity contribution >= 4 is 16.0 Å². The molecular formula is C16H26N4O2S. The lowest BCUT2D eigenvalue weighted by atomic mass is 10.1. The maximum Gasteiger partial charge on any atom is 0.282 e. The molecule has 2 aliphatic heterocycles. The third-order valence-electron chi connectivity index (χ3n) is 4.86. The van der Waals surface area contributed by atoms with Gasteiger partial charge in [0.05, 0.1) is 0 Å². The summed E-state index contributed by atoms with van der Waals surface area (Å²) in [6.07, 6.45) is 3.83. The predicted molar refractivity (Wildman–Crippen MR) is 91.7 cm³/mol. The lowest BCUT2D eigenvalue weighted by molar-refractivity contribution is 0.296. The molecule has 0 spiro atoms. The van der Waals surface area contributed by atoms with Gasteiger partial charge in [0.1, 0.15) is 5.82 Å². The second-order valence-corrected chi connectivity index (χ2v) is 8.50. The van der Waals surface area contributed by atoms with Crippen LogP contribution in [0.15, 0.2) is 18.2 Å². The van der Waals surface area contributed by atoms with Crippen molar-refractivity contribution in [2.45, 2.75) is 38.6 Å². The van der Waals surface area contributed by atoms with Gasteiger partial charge in [-0.2, -0.15) is 17.0 Å². The molecule has 0 bridgehead atoms. The Labute approximate surface area is 139 Å². The normalized spacial score (nSPS) is 23.6. The average molecular weight is 338 g/mol. The molecule has 0 radical (unpaired) electrons. The first-order chi connectivity index (χ1) is 11.0. The van der Waals surface area contributed by atoms with Gasteiger partial charge in [-0.3, -0.25) is 0 Å². The molecule has 3 heterocycles. The van der Waals surface area contributed by atoms with Gasteiger partial charge in [-0.25, -0.2) is 4.98 Å². The topological polar surface area (TPSA) is 56.8 Å². The van der Waals surface area contributed by atoms with Crippen LogP contribution < -0.4 is 4.90 Å². The van der Waals surface area contributed by atoms with Crippen molar-refractivity contribution in [3.8, 4) is 0 Å². The summed E-state index contributed by atoms with van der Waals surface area (Å²) in [6, 6.07) is 6.00. The molecule has 3 rings (SSSR count). The highest BCUT2D eigenvalue weighted by atomic mass is 32.2. The van der Waals surface area contributed by atoms with E-state index < -0.39 is 10.2 Å². The van der Waals surface area contributed by atoms with Crippen molar-refractivity contribution < 1.29 is 8.42 Å². The molecule has 2 aliphatic rings. The van der Waals surface area contributed by atoms with Crippen molar-refractivity contribution in [1.82, 2.24) is 13.6 Å². The Bertz CT molecular complexity index is 643. The number of pyridine rings is 1. The maximum absolute atomic E-state index is 12.7. The molecule has 0 N–H and O–H groups in total. The lowest BCUT2D eigenvalue weighted by Crippen LogP contribution is -2.52. The monoisotopic (exact) mass is 338 g/mol. The van der Waals surface area contributed by atoms with Crippen LogP contribution in [0.3, 0.4) is 0 Å². The lowest BCUT2D eigenvalue weighted by Gasteiger charge is -2.38. The van der Waals surface area contributed by atoms with Gasteiger partial charge in [-0.15, -0.1) is 0 Å².